The number of benzene rings is 1. The highest BCUT2D eigenvalue weighted by Gasteiger charge is 2.32. The second-order valence-corrected chi connectivity index (χ2v) is 10.0. The Hall–Kier alpha value is -0.310. The Labute approximate surface area is 119 Å². The van der Waals surface area contributed by atoms with Crippen LogP contribution in [-0.4, -0.2) is 17.5 Å². The lowest BCUT2D eigenvalue weighted by Crippen LogP contribution is -2.26. The van der Waals surface area contributed by atoms with Crippen molar-refractivity contribution in [3.05, 3.63) is 28.8 Å². The van der Waals surface area contributed by atoms with Crippen LogP contribution in [-0.2, 0) is 4.57 Å². The van der Waals surface area contributed by atoms with Crippen LogP contribution >= 0.6 is 29.9 Å². The molecule has 2 nitrogen and oxygen atoms in total. The molecule has 1 N–H and O–H groups in total. The Morgan fingerprint density at radius 3 is 2.22 bits per heavy atom. The zero-order valence-corrected chi connectivity index (χ0v) is 14.1. The zero-order valence-electron chi connectivity index (χ0n) is 11.5. The molecule has 0 fully saturated rings. The van der Waals surface area contributed by atoms with Crippen molar-refractivity contribution >= 4 is 40.0 Å². The first kappa shape index (κ1) is 15.7. The summed E-state index contributed by atoms with van der Waals surface area (Å²) in [5, 5.41) is 3.96. The predicted octanol–water partition coefficient (Wildman–Crippen LogP) is 3.77. The largest absolute Gasteiger partial charge is 0.373 e. The SMILES string of the molecule is CCNC(=S)P(=O)(SC)c1c(C)cc(C)cc1C. The number of rotatable bonds is 4. The summed E-state index contributed by atoms with van der Waals surface area (Å²) in [6.07, 6.45) is -0.854. The highest BCUT2D eigenvalue weighted by molar-refractivity contribution is 8.66. The van der Waals surface area contributed by atoms with Crippen molar-refractivity contribution in [1.29, 1.82) is 0 Å². The molecule has 0 amide bonds. The van der Waals surface area contributed by atoms with Gasteiger partial charge >= 0.3 is 0 Å². The van der Waals surface area contributed by atoms with Crippen molar-refractivity contribution in [3.8, 4) is 0 Å². The fraction of sp³-hybridized carbons (Fsp3) is 0.462. The molecule has 0 aliphatic rings. The van der Waals surface area contributed by atoms with Crippen molar-refractivity contribution in [2.45, 2.75) is 27.7 Å². The van der Waals surface area contributed by atoms with E-state index >= 15 is 0 Å². The number of hydrogen-bond acceptors (Lipinski definition) is 3. The molecule has 0 aliphatic heterocycles. The summed E-state index contributed by atoms with van der Waals surface area (Å²) in [5.74, 6) is 0. The van der Waals surface area contributed by atoms with Crippen molar-refractivity contribution in [1.82, 2.24) is 5.32 Å². The highest BCUT2D eigenvalue weighted by Crippen LogP contribution is 2.57. The van der Waals surface area contributed by atoms with Gasteiger partial charge in [0.15, 0.2) is 0 Å². The first-order valence-corrected chi connectivity index (χ1v) is 9.84. The molecule has 0 saturated carbocycles. The molecule has 18 heavy (non-hydrogen) atoms. The molecule has 0 radical (unpaired) electrons. The van der Waals surface area contributed by atoms with E-state index in [-0.39, 0.29) is 0 Å². The maximum atomic E-state index is 13.2. The lowest BCUT2D eigenvalue weighted by molar-refractivity contribution is 0.596. The minimum atomic E-state index is -2.72. The number of thiocarbonyl (C=S) groups is 1. The third-order valence-electron chi connectivity index (χ3n) is 2.78. The molecular weight excluding hydrogens is 281 g/mol. The summed E-state index contributed by atoms with van der Waals surface area (Å²) in [4.78, 5) is 0. The van der Waals surface area contributed by atoms with Gasteiger partial charge in [-0.1, -0.05) is 41.3 Å². The number of hydrogen-bond donors (Lipinski definition) is 1. The maximum Gasteiger partial charge on any atom is 0.221 e. The van der Waals surface area contributed by atoms with Gasteiger partial charge in [-0.2, -0.15) is 0 Å². The van der Waals surface area contributed by atoms with E-state index in [9.17, 15) is 4.57 Å². The summed E-state index contributed by atoms with van der Waals surface area (Å²) >= 11 is 6.69. The first-order chi connectivity index (χ1) is 8.36. The van der Waals surface area contributed by atoms with E-state index in [1.807, 2.05) is 27.0 Å². The van der Waals surface area contributed by atoms with Gasteiger partial charge in [-0.3, -0.25) is 4.57 Å². The van der Waals surface area contributed by atoms with Crippen LogP contribution < -0.4 is 10.6 Å². The van der Waals surface area contributed by atoms with Crippen LogP contribution in [0.4, 0.5) is 0 Å². The van der Waals surface area contributed by atoms with E-state index in [1.165, 1.54) is 16.9 Å². The molecule has 1 unspecified atom stereocenters. The van der Waals surface area contributed by atoms with Crippen LogP contribution in [0.2, 0.25) is 0 Å². The van der Waals surface area contributed by atoms with Gasteiger partial charge in [0, 0.05) is 11.8 Å². The second-order valence-electron chi connectivity index (χ2n) is 4.32. The maximum absolute atomic E-state index is 13.2. The minimum absolute atomic E-state index is 0.479. The third-order valence-corrected chi connectivity index (χ3v) is 9.18. The van der Waals surface area contributed by atoms with E-state index in [0.29, 0.717) is 11.3 Å². The summed E-state index contributed by atoms with van der Waals surface area (Å²) in [7, 11) is 0. The van der Waals surface area contributed by atoms with Crippen LogP contribution in [0.25, 0.3) is 0 Å². The van der Waals surface area contributed by atoms with Gasteiger partial charge in [0.25, 0.3) is 0 Å². The molecule has 0 aromatic heterocycles. The third kappa shape index (κ3) is 2.98. The molecule has 1 rings (SSSR count). The van der Waals surface area contributed by atoms with Gasteiger partial charge in [0.2, 0.25) is 6.34 Å². The van der Waals surface area contributed by atoms with Gasteiger partial charge in [-0.15, -0.1) is 0 Å². The zero-order chi connectivity index (χ0) is 13.9. The second kappa shape index (κ2) is 6.23. The Kier molecular flexibility index (Phi) is 5.45. The molecule has 1 aromatic carbocycles. The molecular formula is C13H20NOPS2. The quantitative estimate of drug-likeness (QED) is 0.677. The van der Waals surface area contributed by atoms with E-state index in [2.05, 4.69) is 24.4 Å². The van der Waals surface area contributed by atoms with Gasteiger partial charge < -0.3 is 5.32 Å². The standard InChI is InChI=1S/C13H20NOPS2/c1-6-14-13(17)16(15,18-5)12-10(3)7-9(2)8-11(12)4/h7-8H,6H2,1-5H3,(H,14,17). The molecule has 0 saturated heterocycles. The Morgan fingerprint density at radius 1 is 1.33 bits per heavy atom. The van der Waals surface area contributed by atoms with Crippen LogP contribution in [0.3, 0.4) is 0 Å². The Morgan fingerprint density at radius 2 is 1.83 bits per heavy atom. The van der Waals surface area contributed by atoms with Gasteiger partial charge in [-0.25, -0.2) is 0 Å². The predicted molar refractivity (Wildman–Crippen MR) is 87.7 cm³/mol. The fourth-order valence-corrected chi connectivity index (χ4v) is 7.34. The fourth-order valence-electron chi connectivity index (χ4n) is 2.17. The van der Waals surface area contributed by atoms with Crippen molar-refractivity contribution < 1.29 is 4.57 Å². The minimum Gasteiger partial charge on any atom is -0.373 e. The number of nitrogens with one attached hydrogen (secondary N) is 1. The van der Waals surface area contributed by atoms with Gasteiger partial charge in [-0.05, 0) is 45.1 Å². The smallest absolute Gasteiger partial charge is 0.221 e. The first-order valence-electron chi connectivity index (χ1n) is 5.89. The molecule has 0 spiro atoms. The lowest BCUT2D eigenvalue weighted by Gasteiger charge is -2.22. The molecule has 100 valence electrons. The Balaban J connectivity index is 3.42. The van der Waals surface area contributed by atoms with Crippen LogP contribution in [0.1, 0.15) is 23.6 Å². The molecule has 0 bridgehead atoms. The van der Waals surface area contributed by atoms with Crippen molar-refractivity contribution in [2.75, 3.05) is 12.8 Å². The summed E-state index contributed by atoms with van der Waals surface area (Å²) in [6.45, 7) is 8.73. The van der Waals surface area contributed by atoms with E-state index in [1.54, 1.807) is 0 Å². The van der Waals surface area contributed by atoms with Gasteiger partial charge in [0.05, 0.1) is 0 Å². The average molecular weight is 301 g/mol. The van der Waals surface area contributed by atoms with E-state index in [4.69, 9.17) is 12.2 Å². The van der Waals surface area contributed by atoms with E-state index in [0.717, 1.165) is 16.4 Å². The van der Waals surface area contributed by atoms with Gasteiger partial charge in [0.1, 0.15) is 4.73 Å². The monoisotopic (exact) mass is 301 g/mol. The highest BCUT2D eigenvalue weighted by atomic mass is 32.7. The van der Waals surface area contributed by atoms with Crippen LogP contribution in [0.15, 0.2) is 12.1 Å². The summed E-state index contributed by atoms with van der Waals surface area (Å²) in [6, 6.07) is 4.14. The molecule has 0 aliphatic carbocycles. The number of aryl methyl sites for hydroxylation is 3. The van der Waals surface area contributed by atoms with Crippen molar-refractivity contribution in [3.63, 3.8) is 0 Å². The lowest BCUT2D eigenvalue weighted by atomic mass is 10.1. The average Bonchev–Trinajstić information content (AvgIpc) is 2.27. The Bertz CT molecular complexity index is 491. The molecule has 1 aromatic rings. The molecule has 5 heteroatoms. The van der Waals surface area contributed by atoms with Crippen LogP contribution in [0, 0.1) is 20.8 Å². The molecule has 1 atom stereocenters. The summed E-state index contributed by atoms with van der Waals surface area (Å²) in [5.41, 5.74) is 3.31. The van der Waals surface area contributed by atoms with Crippen LogP contribution in [0.5, 0.6) is 0 Å². The normalized spacial score (nSPS) is 14.1. The topological polar surface area (TPSA) is 29.1 Å². The van der Waals surface area contributed by atoms with Crippen molar-refractivity contribution in [2.24, 2.45) is 0 Å². The van der Waals surface area contributed by atoms with E-state index < -0.39 is 6.34 Å². The summed E-state index contributed by atoms with van der Waals surface area (Å²) < 4.78 is 13.7. The molecule has 0 heterocycles.